The van der Waals surface area contributed by atoms with Crippen molar-refractivity contribution in [2.75, 3.05) is 13.2 Å². The monoisotopic (exact) mass is 529 g/mol. The second kappa shape index (κ2) is 10.8. The van der Waals surface area contributed by atoms with Crippen LogP contribution in [0.2, 0.25) is 0 Å². The van der Waals surface area contributed by atoms with Gasteiger partial charge in [0, 0.05) is 36.7 Å². The van der Waals surface area contributed by atoms with Crippen LogP contribution in [0.4, 0.5) is 13.2 Å². The lowest BCUT2D eigenvalue weighted by atomic mass is 9.84. The normalized spacial score (nSPS) is 19.8. The topological polar surface area (TPSA) is 38.8 Å². The van der Waals surface area contributed by atoms with Gasteiger partial charge >= 0.3 is 5.97 Å². The van der Waals surface area contributed by atoms with Gasteiger partial charge in [0.1, 0.15) is 28.7 Å². The maximum atomic E-state index is 15.7. The summed E-state index contributed by atoms with van der Waals surface area (Å²) in [6.07, 6.45) is 1.77. The van der Waals surface area contributed by atoms with Crippen molar-refractivity contribution in [2.45, 2.75) is 90.6 Å². The van der Waals surface area contributed by atoms with Crippen molar-refractivity contribution >= 4 is 11.5 Å². The molecular weight excluding hydrogens is 491 g/mol. The van der Waals surface area contributed by atoms with Crippen LogP contribution in [0.5, 0.6) is 5.75 Å². The van der Waals surface area contributed by atoms with Gasteiger partial charge in [-0.25, -0.2) is 13.2 Å². The van der Waals surface area contributed by atoms with E-state index in [9.17, 15) is 9.18 Å². The number of benzene rings is 2. The Morgan fingerprint density at radius 1 is 1.08 bits per heavy atom. The number of hydrogen-bond acceptors (Lipinski definition) is 4. The maximum absolute atomic E-state index is 15.7. The molecule has 0 bridgehead atoms. The minimum Gasteiger partial charge on any atom is -0.493 e. The first kappa shape index (κ1) is 28.2. The largest absolute Gasteiger partial charge is 0.493 e. The van der Waals surface area contributed by atoms with Crippen LogP contribution in [-0.2, 0) is 16.0 Å². The zero-order valence-electron chi connectivity index (χ0n) is 23.2. The molecule has 2 atom stereocenters. The standard InChI is InChI=1S/C31H38F3NO3/c1-19-14-23-22-11-8-7-10-20(22)15-24(23)29(35(19)18-31(5,6)34)28-25(32)16-21(17-26(28)33)37-13-9-12-27(36)38-30(2,3)4/h7-8,10-11,16-17,19,29H,9,12-15,18H2,1-6H3/t19-,29+/m1/s1. The summed E-state index contributed by atoms with van der Waals surface area (Å²) in [7, 11) is 0. The number of esters is 1. The Hall–Kier alpha value is -2.80. The number of hydrogen-bond donors (Lipinski definition) is 0. The fourth-order valence-electron chi connectivity index (χ4n) is 5.55. The molecule has 0 fully saturated rings. The highest BCUT2D eigenvalue weighted by Crippen LogP contribution is 2.50. The molecule has 4 rings (SSSR count). The van der Waals surface area contributed by atoms with Crippen LogP contribution < -0.4 is 4.74 Å². The Bertz CT molecular complexity index is 1200. The third-order valence-electron chi connectivity index (χ3n) is 6.94. The smallest absolute Gasteiger partial charge is 0.306 e. The summed E-state index contributed by atoms with van der Waals surface area (Å²) in [5.74, 6) is -1.75. The zero-order valence-corrected chi connectivity index (χ0v) is 23.2. The Morgan fingerprint density at radius 2 is 1.74 bits per heavy atom. The van der Waals surface area contributed by atoms with Crippen molar-refractivity contribution in [3.63, 3.8) is 0 Å². The predicted molar refractivity (Wildman–Crippen MR) is 143 cm³/mol. The van der Waals surface area contributed by atoms with Gasteiger partial charge in [-0.3, -0.25) is 9.69 Å². The van der Waals surface area contributed by atoms with E-state index in [2.05, 4.69) is 6.07 Å². The molecule has 1 heterocycles. The molecule has 0 amide bonds. The molecular formula is C31H38F3NO3. The number of carbonyl (C=O) groups excluding carboxylic acids is 1. The Kier molecular flexibility index (Phi) is 7.99. The molecule has 0 aromatic heterocycles. The van der Waals surface area contributed by atoms with Crippen LogP contribution in [0.1, 0.15) is 83.5 Å². The number of rotatable bonds is 8. The molecule has 4 nitrogen and oxygen atoms in total. The number of carbonyl (C=O) groups is 1. The van der Waals surface area contributed by atoms with Gasteiger partial charge in [-0.2, -0.15) is 0 Å². The van der Waals surface area contributed by atoms with Crippen molar-refractivity contribution in [1.82, 2.24) is 4.90 Å². The molecule has 0 saturated carbocycles. The average Bonchev–Trinajstić information content (AvgIpc) is 3.14. The minimum atomic E-state index is -1.54. The van der Waals surface area contributed by atoms with Crippen LogP contribution in [0, 0.1) is 11.6 Å². The summed E-state index contributed by atoms with van der Waals surface area (Å²) >= 11 is 0. The lowest BCUT2D eigenvalue weighted by molar-refractivity contribution is -0.155. The molecule has 0 spiro atoms. The molecule has 2 aromatic rings. The highest BCUT2D eigenvalue weighted by molar-refractivity contribution is 5.79. The number of fused-ring (bicyclic) bond motifs is 2. The minimum absolute atomic E-state index is 0.0494. The van der Waals surface area contributed by atoms with Gasteiger partial charge < -0.3 is 9.47 Å². The summed E-state index contributed by atoms with van der Waals surface area (Å²) in [4.78, 5) is 13.8. The van der Waals surface area contributed by atoms with Gasteiger partial charge in [0.2, 0.25) is 0 Å². The van der Waals surface area contributed by atoms with E-state index in [-0.39, 0.29) is 42.9 Å². The summed E-state index contributed by atoms with van der Waals surface area (Å²) in [6, 6.07) is 9.57. The molecule has 38 heavy (non-hydrogen) atoms. The van der Waals surface area contributed by atoms with Gasteiger partial charge in [-0.1, -0.05) is 24.3 Å². The molecule has 0 radical (unpaired) electrons. The Morgan fingerprint density at radius 3 is 2.37 bits per heavy atom. The lowest BCUT2D eigenvalue weighted by Gasteiger charge is -2.44. The van der Waals surface area contributed by atoms with E-state index < -0.39 is 28.9 Å². The van der Waals surface area contributed by atoms with Gasteiger partial charge in [0.05, 0.1) is 12.6 Å². The van der Waals surface area contributed by atoms with E-state index in [0.29, 0.717) is 19.3 Å². The molecule has 0 unspecified atom stereocenters. The van der Waals surface area contributed by atoms with Crippen LogP contribution in [0.25, 0.3) is 5.57 Å². The van der Waals surface area contributed by atoms with Crippen molar-refractivity contribution in [3.05, 3.63) is 70.3 Å². The third kappa shape index (κ3) is 6.42. The second-order valence-corrected chi connectivity index (χ2v) is 12.0. The van der Waals surface area contributed by atoms with Gasteiger partial charge in [-0.15, -0.1) is 0 Å². The van der Waals surface area contributed by atoms with Gasteiger partial charge in [-0.05, 0) is 83.1 Å². The Balaban J connectivity index is 1.59. The van der Waals surface area contributed by atoms with E-state index >= 15 is 8.78 Å². The highest BCUT2D eigenvalue weighted by Gasteiger charge is 2.43. The summed E-state index contributed by atoms with van der Waals surface area (Å²) in [5, 5.41) is 0. The van der Waals surface area contributed by atoms with Crippen molar-refractivity contribution < 1.29 is 27.4 Å². The molecule has 2 aliphatic rings. The first-order valence-corrected chi connectivity index (χ1v) is 13.3. The zero-order chi connectivity index (χ0) is 27.8. The number of ether oxygens (including phenoxy) is 2. The summed E-state index contributed by atoms with van der Waals surface area (Å²) in [5.41, 5.74) is 2.08. The first-order valence-electron chi connectivity index (χ1n) is 13.3. The quantitative estimate of drug-likeness (QED) is 0.265. The summed E-state index contributed by atoms with van der Waals surface area (Å²) in [6.45, 7) is 10.5. The van der Waals surface area contributed by atoms with Gasteiger partial charge in [0.25, 0.3) is 0 Å². The summed E-state index contributed by atoms with van der Waals surface area (Å²) < 4.78 is 57.2. The first-order chi connectivity index (χ1) is 17.7. The van der Waals surface area contributed by atoms with E-state index in [0.717, 1.165) is 22.3 Å². The van der Waals surface area contributed by atoms with Crippen LogP contribution >= 0.6 is 0 Å². The predicted octanol–water partition coefficient (Wildman–Crippen LogP) is 7.36. The van der Waals surface area contributed by atoms with E-state index in [1.807, 2.05) is 30.0 Å². The third-order valence-corrected chi connectivity index (χ3v) is 6.94. The molecule has 1 aliphatic carbocycles. The van der Waals surface area contributed by atoms with Crippen molar-refractivity contribution in [1.29, 1.82) is 0 Å². The van der Waals surface area contributed by atoms with E-state index in [4.69, 9.17) is 9.47 Å². The fraction of sp³-hybridized carbons (Fsp3) is 0.516. The SMILES string of the molecule is C[C@@H]1CC2=C(Cc3ccccc32)[C@@H](c2c(F)cc(OCCCC(=O)OC(C)(C)C)cc2F)N1CC(C)(C)F. The fourth-order valence-corrected chi connectivity index (χ4v) is 5.55. The Labute approximate surface area is 223 Å². The van der Waals surface area contributed by atoms with Crippen molar-refractivity contribution in [2.24, 2.45) is 0 Å². The number of alkyl halides is 1. The highest BCUT2D eigenvalue weighted by atomic mass is 19.1. The molecule has 206 valence electrons. The molecule has 0 N–H and O–H groups in total. The molecule has 1 aliphatic heterocycles. The molecule has 0 saturated heterocycles. The maximum Gasteiger partial charge on any atom is 0.306 e. The van der Waals surface area contributed by atoms with Crippen LogP contribution in [0.3, 0.4) is 0 Å². The van der Waals surface area contributed by atoms with E-state index in [1.54, 1.807) is 20.8 Å². The van der Waals surface area contributed by atoms with Crippen LogP contribution in [-0.4, -0.2) is 41.3 Å². The van der Waals surface area contributed by atoms with Crippen LogP contribution in [0.15, 0.2) is 42.0 Å². The van der Waals surface area contributed by atoms with E-state index in [1.165, 1.54) is 26.0 Å². The molecule has 2 aromatic carbocycles. The second-order valence-electron chi connectivity index (χ2n) is 12.0. The number of nitrogens with zero attached hydrogens (tertiary/aromatic N) is 1. The van der Waals surface area contributed by atoms with Crippen molar-refractivity contribution in [3.8, 4) is 5.75 Å². The van der Waals surface area contributed by atoms with Gasteiger partial charge in [0.15, 0.2) is 0 Å². The molecule has 7 heteroatoms. The lowest BCUT2D eigenvalue weighted by Crippen LogP contribution is -2.47. The number of halogens is 3. The average molecular weight is 530 g/mol.